The molecule has 9 nitrogen and oxygen atoms in total. The monoisotopic (exact) mass is 459 g/mol. The first-order chi connectivity index (χ1) is 16.1. The van der Waals surface area contributed by atoms with E-state index in [0.717, 1.165) is 34.0 Å². The molecule has 5 rings (SSSR count). The summed E-state index contributed by atoms with van der Waals surface area (Å²) in [6, 6.07) is 12.5. The second kappa shape index (κ2) is 7.38. The first kappa shape index (κ1) is 21.6. The lowest BCUT2D eigenvalue weighted by atomic mass is 9.67. The summed E-state index contributed by atoms with van der Waals surface area (Å²) >= 11 is 0. The SMILES string of the molecule is CC1(C)CC(=O)C2=C(C1)c1c(ccc3ccccc13)N[C@@H]2c1cc([N+](=O)[O-])cc([N+](=O)[O-])c1O. The zero-order valence-electron chi connectivity index (χ0n) is 18.5. The standard InChI is InChI=1S/C25H21N3O6/c1-25(2)11-17-21-15-6-4-3-5-13(15)7-8-18(21)26-23(22(17)20(29)12-25)16-9-14(27(31)32)10-19(24(16)30)28(33)34/h3-10,23,26,30H,11-12H2,1-2H3/t23-/m1/s1. The number of aromatic hydroxyl groups is 1. The number of benzene rings is 3. The molecule has 0 radical (unpaired) electrons. The number of anilines is 1. The number of carbonyl (C=O) groups excluding carboxylic acids is 1. The fourth-order valence-corrected chi connectivity index (χ4v) is 5.16. The van der Waals surface area contributed by atoms with Gasteiger partial charge in [-0.3, -0.25) is 25.0 Å². The van der Waals surface area contributed by atoms with Crippen LogP contribution in [-0.4, -0.2) is 20.7 Å². The van der Waals surface area contributed by atoms with E-state index in [9.17, 15) is 30.1 Å². The average molecular weight is 459 g/mol. The number of carbonyl (C=O) groups is 1. The quantitative estimate of drug-likeness (QED) is 0.380. The van der Waals surface area contributed by atoms with Crippen LogP contribution in [0.1, 0.15) is 43.9 Å². The zero-order chi connectivity index (χ0) is 24.4. The molecule has 0 spiro atoms. The Hall–Kier alpha value is -4.27. The van der Waals surface area contributed by atoms with Gasteiger partial charge in [-0.2, -0.15) is 0 Å². The van der Waals surface area contributed by atoms with Gasteiger partial charge in [0, 0.05) is 34.9 Å². The second-order valence-corrected chi connectivity index (χ2v) is 9.54. The van der Waals surface area contributed by atoms with Gasteiger partial charge in [0.1, 0.15) is 0 Å². The number of Topliss-reactive ketones (excluding diaryl/α,β-unsaturated/α-hetero) is 1. The molecular weight excluding hydrogens is 438 g/mol. The highest BCUT2D eigenvalue weighted by molar-refractivity contribution is 6.13. The lowest BCUT2D eigenvalue weighted by Gasteiger charge is -2.40. The van der Waals surface area contributed by atoms with Crippen molar-refractivity contribution in [2.45, 2.75) is 32.7 Å². The summed E-state index contributed by atoms with van der Waals surface area (Å²) in [5.74, 6) is -0.849. The molecule has 2 N–H and O–H groups in total. The number of nitro benzene ring substituents is 2. The van der Waals surface area contributed by atoms with E-state index in [-0.39, 0.29) is 23.2 Å². The van der Waals surface area contributed by atoms with Gasteiger partial charge < -0.3 is 10.4 Å². The van der Waals surface area contributed by atoms with Crippen molar-refractivity contribution in [1.82, 2.24) is 0 Å². The summed E-state index contributed by atoms with van der Waals surface area (Å²) in [6.45, 7) is 4.01. The van der Waals surface area contributed by atoms with E-state index in [2.05, 4.69) is 5.32 Å². The minimum absolute atomic E-state index is 0.0692. The normalized spacial score (nSPS) is 18.8. The Morgan fingerprint density at radius 1 is 1.03 bits per heavy atom. The Morgan fingerprint density at radius 2 is 1.76 bits per heavy atom. The number of nitrogens with zero attached hydrogens (tertiary/aromatic N) is 2. The van der Waals surface area contributed by atoms with Crippen molar-refractivity contribution in [3.8, 4) is 5.75 Å². The molecule has 0 bridgehead atoms. The third-order valence-corrected chi connectivity index (χ3v) is 6.56. The smallest absolute Gasteiger partial charge is 0.317 e. The molecule has 2 aliphatic rings. The first-order valence-corrected chi connectivity index (χ1v) is 10.8. The van der Waals surface area contributed by atoms with Crippen LogP contribution in [0, 0.1) is 25.6 Å². The molecule has 0 fully saturated rings. The Bertz CT molecular complexity index is 1460. The predicted octanol–water partition coefficient (Wildman–Crippen LogP) is 5.67. The number of nitrogens with one attached hydrogen (secondary N) is 1. The molecule has 3 aromatic rings. The van der Waals surface area contributed by atoms with Crippen molar-refractivity contribution in [2.75, 3.05) is 5.32 Å². The van der Waals surface area contributed by atoms with Crippen molar-refractivity contribution in [1.29, 1.82) is 0 Å². The van der Waals surface area contributed by atoms with Gasteiger partial charge in [-0.25, -0.2) is 0 Å². The van der Waals surface area contributed by atoms with Crippen LogP contribution < -0.4 is 5.32 Å². The molecule has 0 amide bonds. The van der Waals surface area contributed by atoms with E-state index < -0.39 is 33.0 Å². The van der Waals surface area contributed by atoms with E-state index in [4.69, 9.17) is 0 Å². The van der Waals surface area contributed by atoms with Gasteiger partial charge in [0.05, 0.1) is 22.0 Å². The van der Waals surface area contributed by atoms with Gasteiger partial charge in [-0.15, -0.1) is 0 Å². The molecule has 0 unspecified atom stereocenters. The second-order valence-electron chi connectivity index (χ2n) is 9.54. The summed E-state index contributed by atoms with van der Waals surface area (Å²) in [4.78, 5) is 34.9. The molecule has 1 aliphatic heterocycles. The van der Waals surface area contributed by atoms with E-state index in [1.807, 2.05) is 50.2 Å². The van der Waals surface area contributed by atoms with Crippen molar-refractivity contribution < 1.29 is 19.7 Å². The van der Waals surface area contributed by atoms with Crippen LogP contribution in [0.4, 0.5) is 17.1 Å². The Kier molecular flexibility index (Phi) is 4.68. The summed E-state index contributed by atoms with van der Waals surface area (Å²) < 4.78 is 0. The van der Waals surface area contributed by atoms with Crippen molar-refractivity contribution in [3.63, 3.8) is 0 Å². The van der Waals surface area contributed by atoms with Gasteiger partial charge in [-0.1, -0.05) is 44.2 Å². The van der Waals surface area contributed by atoms with Crippen molar-refractivity contribution in [3.05, 3.63) is 85.5 Å². The van der Waals surface area contributed by atoms with Crippen molar-refractivity contribution in [2.24, 2.45) is 5.41 Å². The van der Waals surface area contributed by atoms with Crippen LogP contribution in [0.2, 0.25) is 0 Å². The number of phenols is 1. The van der Waals surface area contributed by atoms with E-state index in [0.29, 0.717) is 17.7 Å². The Labute approximate surface area is 194 Å². The summed E-state index contributed by atoms with van der Waals surface area (Å²) in [5.41, 5.74) is 1.06. The number of rotatable bonds is 3. The maximum absolute atomic E-state index is 13.5. The molecular formula is C25H21N3O6. The third-order valence-electron chi connectivity index (χ3n) is 6.56. The Morgan fingerprint density at radius 3 is 2.47 bits per heavy atom. The maximum Gasteiger partial charge on any atom is 0.317 e. The van der Waals surface area contributed by atoms with Crippen LogP contribution >= 0.6 is 0 Å². The minimum atomic E-state index is -0.967. The fourth-order valence-electron chi connectivity index (χ4n) is 5.16. The van der Waals surface area contributed by atoms with E-state index in [1.165, 1.54) is 0 Å². The van der Waals surface area contributed by atoms with Gasteiger partial charge in [0.15, 0.2) is 5.78 Å². The van der Waals surface area contributed by atoms with Gasteiger partial charge in [-0.05, 0) is 34.2 Å². The number of fused-ring (bicyclic) bond motifs is 4. The molecule has 0 saturated heterocycles. The average Bonchev–Trinajstić information content (AvgIpc) is 2.77. The molecule has 3 aromatic carbocycles. The largest absolute Gasteiger partial charge is 0.502 e. The summed E-state index contributed by atoms with van der Waals surface area (Å²) in [6.07, 6.45) is 0.826. The topological polar surface area (TPSA) is 136 Å². The zero-order valence-corrected chi connectivity index (χ0v) is 18.5. The number of hydrogen-bond donors (Lipinski definition) is 2. The molecule has 9 heteroatoms. The molecule has 0 aromatic heterocycles. The number of nitro groups is 2. The molecule has 1 aliphatic carbocycles. The summed E-state index contributed by atoms with van der Waals surface area (Å²) in [7, 11) is 0. The van der Waals surface area contributed by atoms with Crippen LogP contribution in [-0.2, 0) is 4.79 Å². The number of ketones is 1. The van der Waals surface area contributed by atoms with Gasteiger partial charge >= 0.3 is 5.69 Å². The highest BCUT2D eigenvalue weighted by Crippen LogP contribution is 2.53. The minimum Gasteiger partial charge on any atom is -0.502 e. The highest BCUT2D eigenvalue weighted by atomic mass is 16.6. The third kappa shape index (κ3) is 3.28. The fraction of sp³-hybridized carbons (Fsp3) is 0.240. The van der Waals surface area contributed by atoms with E-state index in [1.54, 1.807) is 0 Å². The molecule has 0 saturated carbocycles. The first-order valence-electron chi connectivity index (χ1n) is 10.8. The van der Waals surface area contributed by atoms with Crippen LogP contribution in [0.15, 0.2) is 54.1 Å². The van der Waals surface area contributed by atoms with Crippen molar-refractivity contribution >= 4 is 39.2 Å². The molecule has 34 heavy (non-hydrogen) atoms. The van der Waals surface area contributed by atoms with Crippen LogP contribution in [0.5, 0.6) is 5.75 Å². The Balaban J connectivity index is 1.83. The molecule has 1 heterocycles. The molecule has 172 valence electrons. The number of allylic oxidation sites excluding steroid dienone is 1. The van der Waals surface area contributed by atoms with Gasteiger partial charge in [0.2, 0.25) is 5.75 Å². The lowest BCUT2D eigenvalue weighted by molar-refractivity contribution is -0.394. The van der Waals surface area contributed by atoms with Crippen LogP contribution in [0.25, 0.3) is 16.3 Å². The maximum atomic E-state index is 13.5. The lowest BCUT2D eigenvalue weighted by Crippen LogP contribution is -2.33. The highest BCUT2D eigenvalue weighted by Gasteiger charge is 2.42. The van der Waals surface area contributed by atoms with Crippen LogP contribution in [0.3, 0.4) is 0 Å². The van der Waals surface area contributed by atoms with E-state index >= 15 is 0 Å². The summed E-state index contributed by atoms with van der Waals surface area (Å²) in [5, 5.41) is 39.0. The predicted molar refractivity (Wildman–Crippen MR) is 127 cm³/mol. The number of phenolic OH excluding ortho intramolecular Hbond substituents is 1. The number of hydrogen-bond acceptors (Lipinski definition) is 7. The number of non-ortho nitro benzene ring substituents is 1. The molecule has 1 atom stereocenters. The van der Waals surface area contributed by atoms with Gasteiger partial charge in [0.25, 0.3) is 5.69 Å².